The van der Waals surface area contributed by atoms with Gasteiger partial charge in [0.05, 0.1) is 12.2 Å². The number of aromatic nitrogens is 2. The average molecular weight is 410 g/mol. The van der Waals surface area contributed by atoms with Crippen LogP contribution in [0.4, 0.5) is 13.2 Å². The fraction of sp³-hybridized carbons (Fsp3) is 0.476. The summed E-state index contributed by atoms with van der Waals surface area (Å²) in [5, 5.41) is 0. The molecule has 0 saturated carbocycles. The molecule has 0 fully saturated rings. The minimum atomic E-state index is -4.62. The molecule has 0 aliphatic carbocycles. The first-order valence-corrected chi connectivity index (χ1v) is 9.23. The Labute approximate surface area is 167 Å². The molecule has 2 rings (SSSR count). The van der Waals surface area contributed by atoms with Crippen molar-refractivity contribution in [3.8, 4) is 0 Å². The maximum atomic E-state index is 13.7. The van der Waals surface area contributed by atoms with Crippen LogP contribution in [0.2, 0.25) is 0 Å². The number of alkyl halides is 3. The van der Waals surface area contributed by atoms with Gasteiger partial charge in [-0.2, -0.15) is 13.2 Å². The molecule has 0 bridgehead atoms. The van der Waals surface area contributed by atoms with Gasteiger partial charge in [0, 0.05) is 23.2 Å². The van der Waals surface area contributed by atoms with E-state index in [4.69, 9.17) is 4.74 Å². The van der Waals surface area contributed by atoms with Gasteiger partial charge in [0.1, 0.15) is 5.82 Å². The highest BCUT2D eigenvalue weighted by atomic mass is 19.4. The van der Waals surface area contributed by atoms with E-state index in [0.29, 0.717) is 11.5 Å². The molecule has 0 unspecified atom stereocenters. The quantitative estimate of drug-likeness (QED) is 0.518. The second kappa shape index (κ2) is 8.00. The normalized spacial score (nSPS) is 12.2. The molecule has 0 atom stereocenters. The SMILES string of the molecule is CCOC(=O)c1nc(C(C)(C)C)n(Cc2ccc(C(C)=O)cc2C(F)(F)F)c1C. The van der Waals surface area contributed by atoms with E-state index in [0.717, 1.165) is 6.07 Å². The lowest BCUT2D eigenvalue weighted by Crippen LogP contribution is -2.21. The number of imidazole rings is 1. The van der Waals surface area contributed by atoms with Gasteiger partial charge in [0.2, 0.25) is 0 Å². The predicted molar refractivity (Wildman–Crippen MR) is 102 cm³/mol. The molecule has 1 heterocycles. The zero-order chi connectivity index (χ0) is 22.1. The molecule has 0 saturated heterocycles. The molecule has 2 aromatic rings. The lowest BCUT2D eigenvalue weighted by atomic mass is 9.95. The smallest absolute Gasteiger partial charge is 0.416 e. The van der Waals surface area contributed by atoms with Crippen molar-refractivity contribution in [2.45, 2.75) is 59.7 Å². The number of carbonyl (C=O) groups is 2. The monoisotopic (exact) mass is 410 g/mol. The number of hydrogen-bond donors (Lipinski definition) is 0. The highest BCUT2D eigenvalue weighted by molar-refractivity contribution is 5.94. The van der Waals surface area contributed by atoms with E-state index in [-0.39, 0.29) is 30.0 Å². The maximum Gasteiger partial charge on any atom is 0.416 e. The van der Waals surface area contributed by atoms with E-state index in [1.807, 2.05) is 20.8 Å². The number of Topliss-reactive ketones (excluding diaryl/α,β-unsaturated/α-hetero) is 1. The molecular formula is C21H25F3N2O3. The number of rotatable bonds is 5. The molecule has 0 spiro atoms. The van der Waals surface area contributed by atoms with Crippen molar-refractivity contribution in [2.75, 3.05) is 6.61 Å². The zero-order valence-corrected chi connectivity index (χ0v) is 17.4. The van der Waals surface area contributed by atoms with Crippen molar-refractivity contribution in [1.82, 2.24) is 9.55 Å². The highest BCUT2D eigenvalue weighted by Gasteiger charge is 2.35. The standard InChI is InChI=1S/C21H25F3N2O3/c1-7-29-18(28)17-12(2)26(19(25-17)20(4,5)6)11-15-9-8-14(13(3)27)10-16(15)21(22,23)24/h8-10H,7,11H2,1-6H3. The van der Waals surface area contributed by atoms with E-state index in [2.05, 4.69) is 4.98 Å². The number of ether oxygens (including phenoxy) is 1. The van der Waals surface area contributed by atoms with E-state index in [9.17, 15) is 22.8 Å². The summed E-state index contributed by atoms with van der Waals surface area (Å²) in [5.74, 6) is -0.583. The van der Waals surface area contributed by atoms with Crippen LogP contribution in [-0.2, 0) is 22.9 Å². The first kappa shape index (κ1) is 22.6. The molecule has 5 nitrogen and oxygen atoms in total. The summed E-state index contributed by atoms with van der Waals surface area (Å²) in [4.78, 5) is 28.2. The summed E-state index contributed by atoms with van der Waals surface area (Å²) in [6.45, 7) is 10.1. The third-order valence-electron chi connectivity index (χ3n) is 4.51. The molecule has 0 aliphatic heterocycles. The summed E-state index contributed by atoms with van der Waals surface area (Å²) in [7, 11) is 0. The number of carbonyl (C=O) groups excluding carboxylic acids is 2. The van der Waals surface area contributed by atoms with E-state index in [1.165, 1.54) is 19.1 Å². The highest BCUT2D eigenvalue weighted by Crippen LogP contribution is 2.34. The number of ketones is 1. The molecule has 29 heavy (non-hydrogen) atoms. The van der Waals surface area contributed by atoms with Gasteiger partial charge < -0.3 is 9.30 Å². The summed E-state index contributed by atoms with van der Waals surface area (Å²) in [5.41, 5.74) is -0.901. The van der Waals surface area contributed by atoms with Gasteiger partial charge in [-0.05, 0) is 32.4 Å². The van der Waals surface area contributed by atoms with E-state index >= 15 is 0 Å². The van der Waals surface area contributed by atoms with Crippen LogP contribution in [0, 0.1) is 6.92 Å². The molecule has 0 aliphatic rings. The second-order valence-corrected chi connectivity index (χ2v) is 7.85. The lowest BCUT2D eigenvalue weighted by Gasteiger charge is -2.22. The molecular weight excluding hydrogens is 385 g/mol. The molecule has 0 N–H and O–H groups in total. The Morgan fingerprint density at radius 2 is 1.79 bits per heavy atom. The van der Waals surface area contributed by atoms with Crippen molar-refractivity contribution >= 4 is 11.8 Å². The number of hydrogen-bond acceptors (Lipinski definition) is 4. The maximum absolute atomic E-state index is 13.7. The topological polar surface area (TPSA) is 61.2 Å². The van der Waals surface area contributed by atoms with Gasteiger partial charge in [-0.1, -0.05) is 32.9 Å². The summed E-state index contributed by atoms with van der Waals surface area (Å²) < 4.78 is 47.6. The number of halogens is 3. The number of esters is 1. The average Bonchev–Trinajstić information content (AvgIpc) is 2.91. The fourth-order valence-electron chi connectivity index (χ4n) is 3.06. The van der Waals surface area contributed by atoms with E-state index in [1.54, 1.807) is 18.4 Å². The Morgan fingerprint density at radius 1 is 1.17 bits per heavy atom. The van der Waals surface area contributed by atoms with E-state index < -0.39 is 28.9 Å². The first-order chi connectivity index (χ1) is 13.3. The Bertz CT molecular complexity index is 938. The van der Waals surface area contributed by atoms with Gasteiger partial charge >= 0.3 is 12.1 Å². The fourth-order valence-corrected chi connectivity index (χ4v) is 3.06. The van der Waals surface area contributed by atoms with Crippen molar-refractivity contribution in [1.29, 1.82) is 0 Å². The largest absolute Gasteiger partial charge is 0.461 e. The number of benzene rings is 1. The van der Waals surface area contributed by atoms with Crippen molar-refractivity contribution in [3.63, 3.8) is 0 Å². The summed E-state index contributed by atoms with van der Waals surface area (Å²) in [6, 6.07) is 3.55. The van der Waals surface area contributed by atoms with Gasteiger partial charge in [-0.15, -0.1) is 0 Å². The summed E-state index contributed by atoms with van der Waals surface area (Å²) >= 11 is 0. The third-order valence-corrected chi connectivity index (χ3v) is 4.51. The second-order valence-electron chi connectivity index (χ2n) is 7.85. The zero-order valence-electron chi connectivity index (χ0n) is 17.4. The van der Waals surface area contributed by atoms with Crippen molar-refractivity contribution in [2.24, 2.45) is 0 Å². The van der Waals surface area contributed by atoms with Gasteiger partial charge in [0.25, 0.3) is 0 Å². The summed E-state index contributed by atoms with van der Waals surface area (Å²) in [6.07, 6.45) is -4.62. The van der Waals surface area contributed by atoms with Crippen LogP contribution in [0.1, 0.15) is 78.1 Å². The van der Waals surface area contributed by atoms with Gasteiger partial charge in [-0.3, -0.25) is 4.79 Å². The van der Waals surface area contributed by atoms with Crippen molar-refractivity contribution in [3.05, 3.63) is 52.1 Å². The van der Waals surface area contributed by atoms with Crippen LogP contribution >= 0.6 is 0 Å². The predicted octanol–water partition coefficient (Wildman–Crippen LogP) is 4.94. The van der Waals surface area contributed by atoms with Crippen molar-refractivity contribution < 1.29 is 27.5 Å². The van der Waals surface area contributed by atoms with Crippen LogP contribution < -0.4 is 0 Å². The molecule has 0 radical (unpaired) electrons. The van der Waals surface area contributed by atoms with Crippen LogP contribution in [0.15, 0.2) is 18.2 Å². The Kier molecular flexibility index (Phi) is 6.25. The van der Waals surface area contributed by atoms with Crippen LogP contribution in [-0.4, -0.2) is 27.9 Å². The van der Waals surface area contributed by atoms with Crippen LogP contribution in [0.3, 0.4) is 0 Å². The molecule has 0 amide bonds. The minimum absolute atomic E-state index is 0.00770. The number of nitrogens with zero attached hydrogens (tertiary/aromatic N) is 2. The van der Waals surface area contributed by atoms with Crippen LogP contribution in [0.25, 0.3) is 0 Å². The van der Waals surface area contributed by atoms with Crippen LogP contribution in [0.5, 0.6) is 0 Å². The Balaban J connectivity index is 2.65. The van der Waals surface area contributed by atoms with Gasteiger partial charge in [0.15, 0.2) is 11.5 Å². The minimum Gasteiger partial charge on any atom is -0.461 e. The van der Waals surface area contributed by atoms with Gasteiger partial charge in [-0.25, -0.2) is 9.78 Å². The molecule has 8 heteroatoms. The molecule has 158 valence electrons. The third kappa shape index (κ3) is 4.86. The molecule has 1 aromatic heterocycles. The molecule has 1 aromatic carbocycles. The lowest BCUT2D eigenvalue weighted by molar-refractivity contribution is -0.138. The Hall–Kier alpha value is -2.64. The first-order valence-electron chi connectivity index (χ1n) is 9.23. The Morgan fingerprint density at radius 3 is 2.28 bits per heavy atom.